The van der Waals surface area contributed by atoms with Gasteiger partial charge in [-0.05, 0) is 31.9 Å². The summed E-state index contributed by atoms with van der Waals surface area (Å²) in [6, 6.07) is 7.54. The Morgan fingerprint density at radius 1 is 1.37 bits per heavy atom. The molecule has 0 saturated carbocycles. The second-order valence-electron chi connectivity index (χ2n) is 4.98. The highest BCUT2D eigenvalue weighted by Crippen LogP contribution is 2.20. The number of ether oxygens (including phenoxy) is 1. The van der Waals surface area contributed by atoms with Crippen LogP contribution in [0.3, 0.4) is 0 Å². The van der Waals surface area contributed by atoms with Crippen LogP contribution < -0.4 is 0 Å². The van der Waals surface area contributed by atoms with E-state index in [0.717, 1.165) is 18.4 Å². The predicted molar refractivity (Wildman–Crippen MR) is 71.8 cm³/mol. The topological polar surface area (TPSA) is 46.6 Å². The molecule has 1 aromatic rings. The van der Waals surface area contributed by atoms with Crippen molar-refractivity contribution in [2.45, 2.75) is 19.8 Å². The number of esters is 1. The molecule has 1 aliphatic heterocycles. The number of rotatable bonds is 2. The van der Waals surface area contributed by atoms with Crippen molar-refractivity contribution in [3.63, 3.8) is 0 Å². The molecule has 4 nitrogen and oxygen atoms in total. The van der Waals surface area contributed by atoms with Crippen LogP contribution in [0.15, 0.2) is 24.3 Å². The average Bonchev–Trinajstić information content (AvgIpc) is 2.45. The van der Waals surface area contributed by atoms with Gasteiger partial charge in [-0.2, -0.15) is 0 Å². The SMILES string of the molecule is COC(=O)[C@H]1CCCN(C(=O)c2cccc(C)c2)C1. The average molecular weight is 261 g/mol. The van der Waals surface area contributed by atoms with Crippen LogP contribution in [0.2, 0.25) is 0 Å². The monoisotopic (exact) mass is 261 g/mol. The third kappa shape index (κ3) is 3.13. The van der Waals surface area contributed by atoms with Gasteiger partial charge in [-0.3, -0.25) is 9.59 Å². The Balaban J connectivity index is 2.09. The normalized spacial score (nSPS) is 19.1. The summed E-state index contributed by atoms with van der Waals surface area (Å²) in [7, 11) is 1.39. The third-order valence-corrected chi connectivity index (χ3v) is 3.51. The smallest absolute Gasteiger partial charge is 0.310 e. The number of nitrogens with zero attached hydrogens (tertiary/aromatic N) is 1. The Bertz CT molecular complexity index is 484. The summed E-state index contributed by atoms with van der Waals surface area (Å²) in [6.45, 7) is 3.13. The number of carbonyl (C=O) groups is 2. The minimum Gasteiger partial charge on any atom is -0.469 e. The molecule has 0 aliphatic carbocycles. The molecule has 0 unspecified atom stereocenters. The molecule has 4 heteroatoms. The van der Waals surface area contributed by atoms with Crippen LogP contribution >= 0.6 is 0 Å². The highest BCUT2D eigenvalue weighted by Gasteiger charge is 2.29. The zero-order chi connectivity index (χ0) is 13.8. The molecule has 19 heavy (non-hydrogen) atoms. The van der Waals surface area contributed by atoms with Crippen LogP contribution in [-0.4, -0.2) is 37.0 Å². The Morgan fingerprint density at radius 3 is 2.84 bits per heavy atom. The van der Waals surface area contributed by atoms with Gasteiger partial charge in [0.1, 0.15) is 0 Å². The molecule has 1 atom stereocenters. The lowest BCUT2D eigenvalue weighted by atomic mass is 9.97. The van der Waals surface area contributed by atoms with E-state index in [4.69, 9.17) is 4.74 Å². The van der Waals surface area contributed by atoms with Crippen LogP contribution in [0.25, 0.3) is 0 Å². The second kappa shape index (κ2) is 5.87. The summed E-state index contributed by atoms with van der Waals surface area (Å²) >= 11 is 0. The van der Waals surface area contributed by atoms with Crippen molar-refractivity contribution in [2.24, 2.45) is 5.92 Å². The van der Waals surface area contributed by atoms with Crippen LogP contribution in [-0.2, 0) is 9.53 Å². The molecular formula is C15H19NO3. The molecule has 0 aromatic heterocycles. The van der Waals surface area contributed by atoms with Crippen molar-refractivity contribution in [3.05, 3.63) is 35.4 Å². The maximum atomic E-state index is 12.4. The van der Waals surface area contributed by atoms with Gasteiger partial charge < -0.3 is 9.64 Å². The standard InChI is InChI=1S/C15H19NO3/c1-11-5-3-6-12(9-11)14(17)16-8-4-7-13(10-16)15(18)19-2/h3,5-6,9,13H,4,7-8,10H2,1-2H3/t13-/m0/s1. The fourth-order valence-electron chi connectivity index (χ4n) is 2.48. The van der Waals surface area contributed by atoms with Gasteiger partial charge in [0.15, 0.2) is 0 Å². The Morgan fingerprint density at radius 2 is 2.16 bits per heavy atom. The van der Waals surface area contributed by atoms with Crippen LogP contribution in [0.5, 0.6) is 0 Å². The summed E-state index contributed by atoms with van der Waals surface area (Å²) in [5.41, 5.74) is 1.75. The van der Waals surface area contributed by atoms with Crippen molar-refractivity contribution in [1.82, 2.24) is 4.90 Å². The molecule has 0 spiro atoms. The minimum absolute atomic E-state index is 0.00250. The van der Waals surface area contributed by atoms with Crippen molar-refractivity contribution in [3.8, 4) is 0 Å². The summed E-state index contributed by atoms with van der Waals surface area (Å²) in [6.07, 6.45) is 1.64. The molecule has 1 saturated heterocycles. The van der Waals surface area contributed by atoms with Gasteiger partial charge in [0.25, 0.3) is 5.91 Å². The number of piperidine rings is 1. The van der Waals surface area contributed by atoms with Gasteiger partial charge in [0, 0.05) is 18.7 Å². The first-order valence-electron chi connectivity index (χ1n) is 6.55. The van der Waals surface area contributed by atoms with Crippen LogP contribution in [0, 0.1) is 12.8 Å². The minimum atomic E-state index is -0.221. The van der Waals surface area contributed by atoms with Crippen molar-refractivity contribution < 1.29 is 14.3 Å². The van der Waals surface area contributed by atoms with E-state index in [2.05, 4.69) is 0 Å². The fraction of sp³-hybridized carbons (Fsp3) is 0.467. The van der Waals surface area contributed by atoms with Crippen molar-refractivity contribution in [2.75, 3.05) is 20.2 Å². The number of hydrogen-bond acceptors (Lipinski definition) is 3. The number of methoxy groups -OCH3 is 1. The lowest BCUT2D eigenvalue weighted by Crippen LogP contribution is -2.42. The number of amides is 1. The number of hydrogen-bond donors (Lipinski definition) is 0. The maximum absolute atomic E-state index is 12.4. The van der Waals surface area contributed by atoms with E-state index in [1.165, 1.54) is 7.11 Å². The first-order chi connectivity index (χ1) is 9.11. The molecule has 1 aliphatic rings. The van der Waals surface area contributed by atoms with Gasteiger partial charge in [0.05, 0.1) is 13.0 Å². The van der Waals surface area contributed by atoms with Gasteiger partial charge in [-0.25, -0.2) is 0 Å². The third-order valence-electron chi connectivity index (χ3n) is 3.51. The molecule has 1 heterocycles. The number of carbonyl (C=O) groups excluding carboxylic acids is 2. The summed E-state index contributed by atoms with van der Waals surface area (Å²) in [4.78, 5) is 25.7. The molecule has 1 fully saturated rings. The van der Waals surface area contributed by atoms with E-state index in [0.29, 0.717) is 18.7 Å². The lowest BCUT2D eigenvalue weighted by Gasteiger charge is -2.31. The van der Waals surface area contributed by atoms with Gasteiger partial charge >= 0.3 is 5.97 Å². The van der Waals surface area contributed by atoms with Gasteiger partial charge in [-0.1, -0.05) is 17.7 Å². The van der Waals surface area contributed by atoms with E-state index < -0.39 is 0 Å². The molecule has 1 amide bonds. The first kappa shape index (κ1) is 13.6. The summed E-state index contributed by atoms with van der Waals surface area (Å²) in [5, 5.41) is 0. The molecule has 0 radical (unpaired) electrons. The number of aryl methyl sites for hydroxylation is 1. The lowest BCUT2D eigenvalue weighted by molar-refractivity contribution is -0.146. The van der Waals surface area contributed by atoms with E-state index in [9.17, 15) is 9.59 Å². The predicted octanol–water partition coefficient (Wildman–Crippen LogP) is 2.02. The molecule has 2 rings (SSSR count). The summed E-state index contributed by atoms with van der Waals surface area (Å²) < 4.78 is 4.77. The Labute approximate surface area is 113 Å². The van der Waals surface area contributed by atoms with Crippen LogP contribution in [0.4, 0.5) is 0 Å². The molecule has 102 valence electrons. The highest BCUT2D eigenvalue weighted by molar-refractivity contribution is 5.94. The quantitative estimate of drug-likeness (QED) is 0.765. The zero-order valence-corrected chi connectivity index (χ0v) is 11.4. The molecular weight excluding hydrogens is 242 g/mol. The van der Waals surface area contributed by atoms with Gasteiger partial charge in [0.2, 0.25) is 0 Å². The van der Waals surface area contributed by atoms with E-state index in [1.807, 2.05) is 31.2 Å². The fourth-order valence-corrected chi connectivity index (χ4v) is 2.48. The molecule has 0 N–H and O–H groups in total. The van der Waals surface area contributed by atoms with Crippen LogP contribution in [0.1, 0.15) is 28.8 Å². The van der Waals surface area contributed by atoms with Gasteiger partial charge in [-0.15, -0.1) is 0 Å². The van der Waals surface area contributed by atoms with E-state index >= 15 is 0 Å². The van der Waals surface area contributed by atoms with E-state index in [1.54, 1.807) is 4.90 Å². The molecule has 1 aromatic carbocycles. The Kier molecular flexibility index (Phi) is 4.20. The van der Waals surface area contributed by atoms with Crippen molar-refractivity contribution in [1.29, 1.82) is 0 Å². The van der Waals surface area contributed by atoms with E-state index in [-0.39, 0.29) is 17.8 Å². The first-order valence-corrected chi connectivity index (χ1v) is 6.55. The summed E-state index contributed by atoms with van der Waals surface area (Å²) in [5.74, 6) is -0.411. The Hall–Kier alpha value is -1.84. The maximum Gasteiger partial charge on any atom is 0.310 e. The largest absolute Gasteiger partial charge is 0.469 e. The second-order valence-corrected chi connectivity index (χ2v) is 4.98. The zero-order valence-electron chi connectivity index (χ0n) is 11.4. The molecule has 0 bridgehead atoms. The number of likely N-dealkylation sites (tertiary alicyclic amines) is 1. The van der Waals surface area contributed by atoms with Crippen molar-refractivity contribution >= 4 is 11.9 Å². The highest BCUT2D eigenvalue weighted by atomic mass is 16.5. The number of benzene rings is 1.